The molecule has 0 saturated heterocycles. The van der Waals surface area contributed by atoms with E-state index in [2.05, 4.69) is 15.1 Å². The Morgan fingerprint density at radius 3 is 2.92 bits per heavy atom. The van der Waals surface area contributed by atoms with E-state index in [-0.39, 0.29) is 17.9 Å². The summed E-state index contributed by atoms with van der Waals surface area (Å²) in [6.07, 6.45) is 7.25. The van der Waals surface area contributed by atoms with Gasteiger partial charge < -0.3 is 4.57 Å². The zero-order chi connectivity index (χ0) is 16.8. The lowest BCUT2D eigenvalue weighted by atomic mass is 10.2. The highest BCUT2D eigenvalue weighted by molar-refractivity contribution is 8.00. The standard InChI is InChI=1S/C15H13N5O2S2/c1-19-11-9(12-13(19)18-15(23-2)24-12)6-17-20(14(11)22)7-8-3-4-10(21)16-5-8/h3,5-6H,4,7H2,1-2H3. The van der Waals surface area contributed by atoms with Crippen LogP contribution < -0.4 is 5.56 Å². The van der Waals surface area contributed by atoms with Crippen LogP contribution >= 0.6 is 23.1 Å². The van der Waals surface area contributed by atoms with E-state index in [0.29, 0.717) is 12.1 Å². The number of fused-ring (bicyclic) bond motifs is 3. The van der Waals surface area contributed by atoms with Crippen molar-refractivity contribution in [2.24, 2.45) is 12.0 Å². The molecule has 0 aliphatic carbocycles. The minimum Gasteiger partial charge on any atom is -0.323 e. The Morgan fingerprint density at radius 1 is 1.38 bits per heavy atom. The van der Waals surface area contributed by atoms with E-state index >= 15 is 0 Å². The lowest BCUT2D eigenvalue weighted by Crippen LogP contribution is -2.25. The topological polar surface area (TPSA) is 82.1 Å². The first-order valence-electron chi connectivity index (χ1n) is 7.23. The number of dihydropyridines is 1. The average Bonchev–Trinajstić information content (AvgIpc) is 3.11. The van der Waals surface area contributed by atoms with Crippen molar-refractivity contribution in [2.75, 3.05) is 6.26 Å². The van der Waals surface area contributed by atoms with E-state index in [1.807, 2.05) is 17.9 Å². The van der Waals surface area contributed by atoms with Crippen LogP contribution in [0.1, 0.15) is 6.42 Å². The van der Waals surface area contributed by atoms with E-state index in [9.17, 15) is 9.59 Å². The first-order valence-corrected chi connectivity index (χ1v) is 9.27. The van der Waals surface area contributed by atoms with Gasteiger partial charge in [0.2, 0.25) is 5.91 Å². The molecule has 24 heavy (non-hydrogen) atoms. The molecular weight excluding hydrogens is 346 g/mol. The molecule has 0 N–H and O–H groups in total. The number of carbonyl (C=O) groups excluding carboxylic acids is 1. The molecule has 0 bridgehead atoms. The van der Waals surface area contributed by atoms with Gasteiger partial charge in [0.05, 0.1) is 17.4 Å². The van der Waals surface area contributed by atoms with Crippen LogP contribution in [0.4, 0.5) is 0 Å². The Morgan fingerprint density at radius 2 is 2.21 bits per heavy atom. The molecule has 1 aliphatic rings. The fourth-order valence-corrected chi connectivity index (χ4v) is 4.33. The second kappa shape index (κ2) is 5.67. The van der Waals surface area contributed by atoms with Crippen molar-refractivity contribution >= 4 is 56.5 Å². The highest BCUT2D eigenvalue weighted by Gasteiger charge is 2.18. The molecule has 3 aromatic rings. The molecule has 122 valence electrons. The number of hydrogen-bond acceptors (Lipinski definition) is 6. The summed E-state index contributed by atoms with van der Waals surface area (Å²) >= 11 is 3.16. The lowest BCUT2D eigenvalue weighted by Gasteiger charge is -2.08. The van der Waals surface area contributed by atoms with Crippen molar-refractivity contribution in [2.45, 2.75) is 17.3 Å². The molecule has 7 nitrogen and oxygen atoms in total. The third kappa shape index (κ3) is 2.31. The number of rotatable bonds is 3. The quantitative estimate of drug-likeness (QED) is 0.668. The van der Waals surface area contributed by atoms with E-state index in [1.165, 1.54) is 10.9 Å². The minimum absolute atomic E-state index is 0.169. The molecule has 1 aliphatic heterocycles. The summed E-state index contributed by atoms with van der Waals surface area (Å²) in [5.74, 6) is -0.173. The van der Waals surface area contributed by atoms with Gasteiger partial charge in [-0.1, -0.05) is 17.8 Å². The summed E-state index contributed by atoms with van der Waals surface area (Å²) in [4.78, 5) is 32.3. The van der Waals surface area contributed by atoms with Crippen molar-refractivity contribution in [3.63, 3.8) is 0 Å². The van der Waals surface area contributed by atoms with Crippen LogP contribution in [0.5, 0.6) is 0 Å². The second-order valence-corrected chi connectivity index (χ2v) is 7.45. The van der Waals surface area contributed by atoms with Gasteiger partial charge in [-0.05, 0) is 11.8 Å². The Kier molecular flexibility index (Phi) is 3.61. The number of allylic oxidation sites excluding steroid dienone is 1. The first kappa shape index (κ1) is 15.3. The van der Waals surface area contributed by atoms with Crippen LogP contribution in [0.15, 0.2) is 32.0 Å². The summed E-state index contributed by atoms with van der Waals surface area (Å²) in [5.41, 5.74) is 2.04. The van der Waals surface area contributed by atoms with Gasteiger partial charge in [-0.2, -0.15) is 5.10 Å². The van der Waals surface area contributed by atoms with Crippen LogP contribution in [-0.2, 0) is 18.4 Å². The van der Waals surface area contributed by atoms with Crippen LogP contribution in [0.3, 0.4) is 0 Å². The predicted molar refractivity (Wildman–Crippen MR) is 96.1 cm³/mol. The molecule has 0 saturated carbocycles. The van der Waals surface area contributed by atoms with Gasteiger partial charge in [-0.15, -0.1) is 11.3 Å². The van der Waals surface area contributed by atoms with Crippen molar-refractivity contribution in [3.8, 4) is 0 Å². The second-order valence-electron chi connectivity index (χ2n) is 5.40. The number of thioether (sulfide) groups is 1. The van der Waals surface area contributed by atoms with Crippen molar-refractivity contribution in [1.29, 1.82) is 0 Å². The van der Waals surface area contributed by atoms with E-state index in [4.69, 9.17) is 0 Å². The molecule has 1 amide bonds. The predicted octanol–water partition coefficient (Wildman–Crippen LogP) is 1.99. The average molecular weight is 359 g/mol. The third-order valence-electron chi connectivity index (χ3n) is 3.93. The smallest absolute Gasteiger partial charge is 0.291 e. The van der Waals surface area contributed by atoms with Gasteiger partial charge in [0, 0.05) is 25.1 Å². The van der Waals surface area contributed by atoms with Gasteiger partial charge in [-0.3, -0.25) is 9.59 Å². The minimum atomic E-state index is -0.173. The Balaban J connectivity index is 1.83. The molecule has 9 heteroatoms. The number of amides is 1. The molecule has 0 atom stereocenters. The van der Waals surface area contributed by atoms with Crippen LogP contribution in [0.2, 0.25) is 0 Å². The summed E-state index contributed by atoms with van der Waals surface area (Å²) in [7, 11) is 1.85. The fourth-order valence-electron chi connectivity index (χ4n) is 2.73. The van der Waals surface area contributed by atoms with Gasteiger partial charge >= 0.3 is 0 Å². The Hall–Kier alpha value is -2.26. The van der Waals surface area contributed by atoms with Gasteiger partial charge in [0.25, 0.3) is 5.56 Å². The molecule has 0 aromatic carbocycles. The van der Waals surface area contributed by atoms with Crippen LogP contribution in [0.25, 0.3) is 21.3 Å². The number of aliphatic imine (C=N–C) groups is 1. The highest BCUT2D eigenvalue weighted by atomic mass is 32.2. The van der Waals surface area contributed by atoms with Crippen molar-refractivity contribution < 1.29 is 4.79 Å². The third-order valence-corrected chi connectivity index (χ3v) is 5.99. The highest BCUT2D eigenvalue weighted by Crippen LogP contribution is 2.34. The molecule has 0 unspecified atom stereocenters. The molecule has 4 heterocycles. The summed E-state index contributed by atoms with van der Waals surface area (Å²) < 4.78 is 5.18. The monoisotopic (exact) mass is 359 g/mol. The molecule has 3 aromatic heterocycles. The Labute approximate surface area is 144 Å². The number of aromatic nitrogens is 4. The van der Waals surface area contributed by atoms with E-state index < -0.39 is 0 Å². The molecular formula is C15H13N5O2S2. The fraction of sp³-hybridized carbons (Fsp3) is 0.267. The first-order chi connectivity index (χ1) is 11.6. The molecule has 4 rings (SSSR count). The zero-order valence-corrected chi connectivity index (χ0v) is 14.6. The largest absolute Gasteiger partial charge is 0.323 e. The number of thiazole rings is 1. The maximum absolute atomic E-state index is 12.8. The summed E-state index contributed by atoms with van der Waals surface area (Å²) in [6, 6.07) is 0. The molecule has 0 spiro atoms. The Bertz CT molecular complexity index is 1100. The molecule has 0 fully saturated rings. The van der Waals surface area contributed by atoms with E-state index in [0.717, 1.165) is 25.6 Å². The van der Waals surface area contributed by atoms with Crippen LogP contribution in [-0.4, -0.2) is 37.7 Å². The van der Waals surface area contributed by atoms with Gasteiger partial charge in [-0.25, -0.2) is 14.7 Å². The normalized spacial score (nSPS) is 14.8. The van der Waals surface area contributed by atoms with Crippen molar-refractivity contribution in [3.05, 3.63) is 28.2 Å². The summed E-state index contributed by atoms with van der Waals surface area (Å²) in [5, 5.41) is 5.12. The van der Waals surface area contributed by atoms with E-state index in [1.54, 1.807) is 35.4 Å². The molecule has 0 radical (unpaired) electrons. The van der Waals surface area contributed by atoms with Gasteiger partial charge in [0.1, 0.15) is 5.52 Å². The number of carbonyl (C=O) groups is 1. The number of nitrogens with zero attached hydrogens (tertiary/aromatic N) is 5. The number of hydrogen-bond donors (Lipinski definition) is 0. The zero-order valence-electron chi connectivity index (χ0n) is 13.0. The van der Waals surface area contributed by atoms with Crippen molar-refractivity contribution in [1.82, 2.24) is 19.3 Å². The maximum Gasteiger partial charge on any atom is 0.291 e. The van der Waals surface area contributed by atoms with Gasteiger partial charge in [0.15, 0.2) is 9.99 Å². The number of aryl methyl sites for hydroxylation is 1. The SMILES string of the molecule is CSc1nc2c(s1)c1cnn(CC3=CCC(=O)N=C3)c(=O)c1n2C. The summed E-state index contributed by atoms with van der Waals surface area (Å²) in [6.45, 7) is 0.299. The lowest BCUT2D eigenvalue weighted by molar-refractivity contribution is -0.117. The maximum atomic E-state index is 12.8. The van der Waals surface area contributed by atoms with Crippen LogP contribution in [0, 0.1) is 0 Å².